The lowest BCUT2D eigenvalue weighted by atomic mass is 9.85. The number of benzene rings is 2. The number of halogens is 1. The number of hydrogen-bond acceptors (Lipinski definition) is 8. The first-order valence-corrected chi connectivity index (χ1v) is 10.3. The average molecular weight is 487 g/mol. The smallest absolute Gasteiger partial charge is 0.373 e. The highest BCUT2D eigenvalue weighted by atomic mass is 35.5. The van der Waals surface area contributed by atoms with Gasteiger partial charge in [-0.3, -0.25) is 9.59 Å². The average Bonchev–Trinajstić information content (AvgIpc) is 2.86. The lowest BCUT2D eigenvalue weighted by molar-refractivity contribution is -0.159. The van der Waals surface area contributed by atoms with Crippen LogP contribution in [0.25, 0.3) is 6.08 Å². The summed E-state index contributed by atoms with van der Waals surface area (Å²) in [5.41, 5.74) is 1.10. The highest BCUT2D eigenvalue weighted by molar-refractivity contribution is 6.30. The first-order chi connectivity index (χ1) is 16.3. The molecule has 34 heavy (non-hydrogen) atoms. The maximum absolute atomic E-state index is 12.5. The Bertz CT molecular complexity index is 1080. The number of allylic oxidation sites excluding steroid dienone is 1. The second-order valence-electron chi connectivity index (χ2n) is 6.79. The van der Waals surface area contributed by atoms with E-state index >= 15 is 0 Å². The van der Waals surface area contributed by atoms with Gasteiger partial charge in [-0.2, -0.15) is 0 Å². The van der Waals surface area contributed by atoms with Gasteiger partial charge in [0, 0.05) is 17.0 Å². The summed E-state index contributed by atoms with van der Waals surface area (Å²) in [6, 6.07) is 15.2. The van der Waals surface area contributed by atoms with E-state index in [2.05, 4.69) is 0 Å². The molecule has 0 heterocycles. The molecule has 0 saturated heterocycles. The molecule has 2 aromatic rings. The minimum absolute atomic E-state index is 0.312. The number of ether oxygens (including phenoxy) is 4. The van der Waals surface area contributed by atoms with E-state index in [1.807, 2.05) is 6.07 Å². The number of esters is 4. The monoisotopic (exact) mass is 486 g/mol. The van der Waals surface area contributed by atoms with Gasteiger partial charge >= 0.3 is 23.9 Å². The standard InChI is InChI=1S/C25H23ClO8/c1-31-23(28)20(34-21(27)13-12-16-8-5-4-6-9-16)15-19(17-10-7-11-18(26)14-17)22(24(29)32-2)25(30)33-3/h4-15,19,22H,1-3H3/b13-12+,20-15-/t19-/m1/s1. The molecule has 0 aliphatic carbocycles. The zero-order chi connectivity index (χ0) is 25.1. The molecule has 0 amide bonds. The molecule has 0 spiro atoms. The van der Waals surface area contributed by atoms with Crippen molar-refractivity contribution >= 4 is 41.6 Å². The lowest BCUT2D eigenvalue weighted by Gasteiger charge is -2.22. The Hall–Kier alpha value is -3.91. The highest BCUT2D eigenvalue weighted by Gasteiger charge is 2.38. The van der Waals surface area contributed by atoms with Gasteiger partial charge in [0.25, 0.3) is 0 Å². The number of hydrogen-bond donors (Lipinski definition) is 0. The van der Waals surface area contributed by atoms with E-state index in [9.17, 15) is 19.2 Å². The summed E-state index contributed by atoms with van der Waals surface area (Å²) < 4.78 is 19.5. The van der Waals surface area contributed by atoms with Crippen molar-refractivity contribution in [2.45, 2.75) is 5.92 Å². The second kappa shape index (κ2) is 13.0. The van der Waals surface area contributed by atoms with Crippen LogP contribution in [-0.4, -0.2) is 45.2 Å². The Morgan fingerprint density at radius 2 is 1.50 bits per heavy atom. The van der Waals surface area contributed by atoms with E-state index < -0.39 is 41.5 Å². The Morgan fingerprint density at radius 3 is 2.06 bits per heavy atom. The van der Waals surface area contributed by atoms with Crippen LogP contribution in [0.1, 0.15) is 17.0 Å². The minimum atomic E-state index is -1.52. The van der Waals surface area contributed by atoms with Crippen molar-refractivity contribution in [3.63, 3.8) is 0 Å². The van der Waals surface area contributed by atoms with Crippen LogP contribution in [0.5, 0.6) is 0 Å². The highest BCUT2D eigenvalue weighted by Crippen LogP contribution is 2.32. The zero-order valence-corrected chi connectivity index (χ0v) is 19.5. The van der Waals surface area contributed by atoms with Gasteiger partial charge in [0.15, 0.2) is 5.92 Å². The van der Waals surface area contributed by atoms with Crippen LogP contribution in [0.4, 0.5) is 0 Å². The van der Waals surface area contributed by atoms with Crippen LogP contribution in [0, 0.1) is 5.92 Å². The van der Waals surface area contributed by atoms with Gasteiger partial charge in [-0.05, 0) is 35.4 Å². The van der Waals surface area contributed by atoms with Gasteiger partial charge in [0.05, 0.1) is 21.3 Å². The molecule has 0 aromatic heterocycles. The van der Waals surface area contributed by atoms with Crippen molar-refractivity contribution in [3.05, 3.63) is 88.7 Å². The molecule has 1 atom stereocenters. The molecular weight excluding hydrogens is 464 g/mol. The van der Waals surface area contributed by atoms with Crippen LogP contribution in [-0.2, 0) is 38.1 Å². The predicted molar refractivity (Wildman–Crippen MR) is 123 cm³/mol. The van der Waals surface area contributed by atoms with Gasteiger partial charge in [0.2, 0.25) is 5.76 Å². The Morgan fingerprint density at radius 1 is 0.853 bits per heavy atom. The van der Waals surface area contributed by atoms with E-state index in [-0.39, 0.29) is 0 Å². The van der Waals surface area contributed by atoms with Crippen molar-refractivity contribution in [2.24, 2.45) is 5.92 Å². The molecule has 9 heteroatoms. The van der Waals surface area contributed by atoms with Crippen LogP contribution in [0.2, 0.25) is 5.02 Å². The molecule has 0 fully saturated rings. The molecular formula is C25H23ClO8. The zero-order valence-electron chi connectivity index (χ0n) is 18.7. The summed E-state index contributed by atoms with van der Waals surface area (Å²) in [4.78, 5) is 49.8. The molecule has 2 aromatic carbocycles. The van der Waals surface area contributed by atoms with Crippen molar-refractivity contribution in [1.82, 2.24) is 0 Å². The second-order valence-corrected chi connectivity index (χ2v) is 7.23. The third-order valence-corrected chi connectivity index (χ3v) is 4.88. The summed E-state index contributed by atoms with van der Waals surface area (Å²) >= 11 is 6.09. The van der Waals surface area contributed by atoms with Crippen LogP contribution in [0.15, 0.2) is 72.5 Å². The summed E-state index contributed by atoms with van der Waals surface area (Å²) in [5, 5.41) is 0.312. The largest absolute Gasteiger partial charge is 0.468 e. The fourth-order valence-electron chi connectivity index (χ4n) is 3.02. The minimum Gasteiger partial charge on any atom is -0.468 e. The molecule has 0 bridgehead atoms. The number of carbonyl (C=O) groups excluding carboxylic acids is 4. The Labute approximate surface area is 201 Å². The van der Waals surface area contributed by atoms with E-state index in [4.69, 9.17) is 30.5 Å². The molecule has 8 nitrogen and oxygen atoms in total. The molecule has 0 unspecified atom stereocenters. The topological polar surface area (TPSA) is 105 Å². The number of rotatable bonds is 9. The van der Waals surface area contributed by atoms with Gasteiger partial charge in [-0.15, -0.1) is 0 Å². The molecule has 0 aliphatic heterocycles. The van der Waals surface area contributed by atoms with Crippen LogP contribution >= 0.6 is 11.6 Å². The number of carbonyl (C=O) groups is 4. The Kier molecular flexibility index (Phi) is 10.0. The lowest BCUT2D eigenvalue weighted by Crippen LogP contribution is -2.32. The molecule has 178 valence electrons. The van der Waals surface area contributed by atoms with Gasteiger partial charge in [-0.25, -0.2) is 9.59 Å². The first kappa shape index (κ1) is 26.3. The van der Waals surface area contributed by atoms with E-state index in [1.54, 1.807) is 42.5 Å². The quantitative estimate of drug-likeness (QED) is 0.174. The van der Waals surface area contributed by atoms with Crippen molar-refractivity contribution < 1.29 is 38.1 Å². The summed E-state index contributed by atoms with van der Waals surface area (Å²) in [5.74, 6) is -6.92. The van der Waals surface area contributed by atoms with E-state index in [1.165, 1.54) is 12.1 Å². The molecule has 0 radical (unpaired) electrons. The maximum atomic E-state index is 12.5. The predicted octanol–water partition coefficient (Wildman–Crippen LogP) is 3.70. The Balaban J connectivity index is 2.52. The molecule has 0 N–H and O–H groups in total. The first-order valence-electron chi connectivity index (χ1n) is 9.96. The van der Waals surface area contributed by atoms with Gasteiger partial charge in [-0.1, -0.05) is 54.1 Å². The van der Waals surface area contributed by atoms with Crippen LogP contribution in [0.3, 0.4) is 0 Å². The summed E-state index contributed by atoms with van der Waals surface area (Å²) in [6.07, 6.45) is 3.75. The summed E-state index contributed by atoms with van der Waals surface area (Å²) in [6.45, 7) is 0. The van der Waals surface area contributed by atoms with Crippen molar-refractivity contribution in [3.8, 4) is 0 Å². The van der Waals surface area contributed by atoms with Gasteiger partial charge < -0.3 is 18.9 Å². The van der Waals surface area contributed by atoms with Crippen molar-refractivity contribution in [2.75, 3.05) is 21.3 Å². The summed E-state index contributed by atoms with van der Waals surface area (Å²) in [7, 11) is 3.30. The third kappa shape index (κ3) is 7.31. The van der Waals surface area contributed by atoms with Gasteiger partial charge in [0.1, 0.15) is 0 Å². The van der Waals surface area contributed by atoms with Crippen molar-refractivity contribution in [1.29, 1.82) is 0 Å². The normalized spacial score (nSPS) is 12.2. The maximum Gasteiger partial charge on any atom is 0.373 e. The van der Waals surface area contributed by atoms with Crippen LogP contribution < -0.4 is 0 Å². The van der Waals surface area contributed by atoms with E-state index in [0.29, 0.717) is 10.6 Å². The van der Waals surface area contributed by atoms with E-state index in [0.717, 1.165) is 39.0 Å². The molecule has 0 saturated carbocycles. The molecule has 0 aliphatic rings. The SMILES string of the molecule is COC(=O)/C(=C/[C@H](c1cccc(Cl)c1)C(C(=O)OC)C(=O)OC)OC(=O)/C=C/c1ccccc1. The third-order valence-electron chi connectivity index (χ3n) is 4.64. The molecule has 2 rings (SSSR count). The fourth-order valence-corrected chi connectivity index (χ4v) is 3.22. The fraction of sp³-hybridized carbons (Fsp3) is 0.200. The number of methoxy groups -OCH3 is 3.